The van der Waals surface area contributed by atoms with Gasteiger partial charge < -0.3 is 9.72 Å². The van der Waals surface area contributed by atoms with Crippen molar-refractivity contribution in [2.24, 2.45) is 0 Å². The van der Waals surface area contributed by atoms with E-state index >= 15 is 0 Å². The summed E-state index contributed by atoms with van der Waals surface area (Å²) < 4.78 is 19.1. The Balaban J connectivity index is 1.99. The molecule has 8 heteroatoms. The molecule has 2 aromatic heterocycles. The van der Waals surface area contributed by atoms with E-state index in [0.717, 1.165) is 12.1 Å². The summed E-state index contributed by atoms with van der Waals surface area (Å²) in [4.78, 5) is 20.6. The second kappa shape index (κ2) is 4.57. The number of H-pyrrole nitrogens is 1. The van der Waals surface area contributed by atoms with Crippen LogP contribution in [0.15, 0.2) is 36.8 Å². The highest BCUT2D eigenvalue weighted by molar-refractivity contribution is 5.79. The van der Waals surface area contributed by atoms with Crippen LogP contribution >= 0.6 is 0 Å². The molecule has 0 bridgehead atoms. The number of rotatable bonds is 3. The molecule has 0 atom stereocenters. The molecule has 0 amide bonds. The molecule has 2 heterocycles. The molecule has 1 N–H and O–H groups in total. The zero-order valence-electron chi connectivity index (χ0n) is 9.91. The van der Waals surface area contributed by atoms with E-state index in [2.05, 4.69) is 15.0 Å². The number of aromatic nitrogens is 3. The number of nitrogens with one attached hydrogen (secondary N) is 1. The van der Waals surface area contributed by atoms with Crippen LogP contribution in [0.25, 0.3) is 11.0 Å². The fraction of sp³-hybridized carbons (Fsp3) is 0. The highest BCUT2D eigenvalue weighted by atomic mass is 19.1. The molecule has 0 radical (unpaired) electrons. The fourth-order valence-electron chi connectivity index (χ4n) is 1.72. The normalized spacial score (nSPS) is 10.7. The van der Waals surface area contributed by atoms with Crippen molar-refractivity contribution < 1.29 is 14.1 Å². The minimum Gasteiger partial charge on any atom is -0.434 e. The lowest BCUT2D eigenvalue weighted by molar-refractivity contribution is -0.385. The number of halogens is 1. The zero-order chi connectivity index (χ0) is 14.1. The molecule has 0 aliphatic carbocycles. The van der Waals surface area contributed by atoms with Crippen LogP contribution in [0.1, 0.15) is 0 Å². The molecule has 100 valence electrons. The number of ether oxygens (including phenoxy) is 1. The van der Waals surface area contributed by atoms with Gasteiger partial charge in [-0.3, -0.25) is 10.1 Å². The van der Waals surface area contributed by atoms with E-state index in [1.54, 1.807) is 12.3 Å². The first-order chi connectivity index (χ1) is 9.65. The molecule has 0 saturated heterocycles. The molecule has 7 nitrogen and oxygen atoms in total. The van der Waals surface area contributed by atoms with Crippen molar-refractivity contribution in [3.8, 4) is 11.6 Å². The maximum Gasteiger partial charge on any atom is 0.272 e. The van der Waals surface area contributed by atoms with Gasteiger partial charge in [-0.05, 0) is 12.1 Å². The molecular weight excluding hydrogens is 267 g/mol. The summed E-state index contributed by atoms with van der Waals surface area (Å²) in [6, 6.07) is 4.86. The van der Waals surface area contributed by atoms with E-state index in [0.29, 0.717) is 11.0 Å². The Kier molecular flexibility index (Phi) is 2.75. The van der Waals surface area contributed by atoms with Gasteiger partial charge in [-0.15, -0.1) is 0 Å². The van der Waals surface area contributed by atoms with Gasteiger partial charge in [-0.2, -0.15) is 4.98 Å². The molecular formula is C12H7FN4O3. The first-order valence-electron chi connectivity index (χ1n) is 5.55. The number of nitro benzene ring substituents is 1. The second-order valence-electron chi connectivity index (χ2n) is 3.89. The third kappa shape index (κ3) is 2.03. The number of hydrogen-bond donors (Lipinski definition) is 1. The molecule has 3 aromatic rings. The molecule has 0 fully saturated rings. The maximum atomic E-state index is 13.7. The van der Waals surface area contributed by atoms with Gasteiger partial charge in [0.2, 0.25) is 5.88 Å². The Morgan fingerprint density at radius 2 is 2.15 bits per heavy atom. The number of non-ortho nitro benzene ring substituents is 1. The van der Waals surface area contributed by atoms with Gasteiger partial charge >= 0.3 is 0 Å². The second-order valence-corrected chi connectivity index (χ2v) is 3.89. The van der Waals surface area contributed by atoms with Crippen LogP contribution in [-0.2, 0) is 0 Å². The highest BCUT2D eigenvalue weighted by Gasteiger charge is 2.14. The summed E-state index contributed by atoms with van der Waals surface area (Å²) in [5.74, 6) is -0.838. The minimum absolute atomic E-state index is 0.146. The van der Waals surface area contributed by atoms with E-state index < -0.39 is 10.7 Å². The molecule has 0 unspecified atom stereocenters. The molecule has 0 aliphatic heterocycles. The number of nitro groups is 1. The van der Waals surface area contributed by atoms with E-state index in [-0.39, 0.29) is 17.3 Å². The van der Waals surface area contributed by atoms with Gasteiger partial charge in [0.05, 0.1) is 16.5 Å². The maximum absolute atomic E-state index is 13.7. The van der Waals surface area contributed by atoms with Gasteiger partial charge in [0.25, 0.3) is 5.69 Å². The van der Waals surface area contributed by atoms with Crippen LogP contribution in [-0.4, -0.2) is 19.9 Å². The van der Waals surface area contributed by atoms with Gasteiger partial charge in [0, 0.05) is 12.3 Å². The van der Waals surface area contributed by atoms with Crippen LogP contribution in [0.4, 0.5) is 10.1 Å². The van der Waals surface area contributed by atoms with Crippen molar-refractivity contribution in [3.05, 3.63) is 52.7 Å². The topological polar surface area (TPSA) is 93.9 Å². The monoisotopic (exact) mass is 274 g/mol. The van der Waals surface area contributed by atoms with Gasteiger partial charge in [-0.25, -0.2) is 9.37 Å². The number of nitrogens with zero attached hydrogens (tertiary/aromatic N) is 3. The predicted molar refractivity (Wildman–Crippen MR) is 67.0 cm³/mol. The Hall–Kier alpha value is -3.03. The smallest absolute Gasteiger partial charge is 0.272 e. The lowest BCUT2D eigenvalue weighted by atomic mass is 10.3. The van der Waals surface area contributed by atoms with Crippen molar-refractivity contribution in [2.45, 2.75) is 0 Å². The molecule has 20 heavy (non-hydrogen) atoms. The number of hydrogen-bond acceptors (Lipinski definition) is 5. The summed E-state index contributed by atoms with van der Waals surface area (Å²) in [6.07, 6.45) is 2.94. The summed E-state index contributed by atoms with van der Waals surface area (Å²) >= 11 is 0. The molecule has 0 spiro atoms. The summed E-state index contributed by atoms with van der Waals surface area (Å²) in [5.41, 5.74) is 0.796. The summed E-state index contributed by atoms with van der Waals surface area (Å²) in [7, 11) is 0. The van der Waals surface area contributed by atoms with E-state index in [1.165, 1.54) is 12.4 Å². The standard InChI is InChI=1S/C12H7FN4O3/c13-8-5-7(17(18)19)1-2-10(8)20-12-11-9(3-4-14-11)15-6-16-12/h1-6,14H. The third-order valence-corrected chi connectivity index (χ3v) is 2.64. The minimum atomic E-state index is -0.836. The van der Waals surface area contributed by atoms with Crippen molar-refractivity contribution in [2.75, 3.05) is 0 Å². The van der Waals surface area contributed by atoms with Crippen LogP contribution in [0.5, 0.6) is 11.6 Å². The van der Waals surface area contributed by atoms with Crippen molar-refractivity contribution in [1.82, 2.24) is 15.0 Å². The highest BCUT2D eigenvalue weighted by Crippen LogP contribution is 2.29. The van der Waals surface area contributed by atoms with Crippen molar-refractivity contribution in [1.29, 1.82) is 0 Å². The first kappa shape index (κ1) is 12.0. The van der Waals surface area contributed by atoms with Crippen LogP contribution in [0.2, 0.25) is 0 Å². The first-order valence-corrected chi connectivity index (χ1v) is 5.55. The molecule has 3 rings (SSSR count). The molecule has 1 aromatic carbocycles. The molecule has 0 aliphatic rings. The Labute approximate surface area is 111 Å². The quantitative estimate of drug-likeness (QED) is 0.585. The fourth-order valence-corrected chi connectivity index (χ4v) is 1.72. The average molecular weight is 274 g/mol. The van der Waals surface area contributed by atoms with E-state index in [1.807, 2.05) is 0 Å². The SMILES string of the molecule is O=[N+]([O-])c1ccc(Oc2ncnc3cc[nH]c23)c(F)c1. The van der Waals surface area contributed by atoms with Crippen molar-refractivity contribution >= 4 is 16.7 Å². The van der Waals surface area contributed by atoms with Crippen LogP contribution in [0, 0.1) is 15.9 Å². The van der Waals surface area contributed by atoms with Crippen LogP contribution < -0.4 is 4.74 Å². The lowest BCUT2D eigenvalue weighted by Gasteiger charge is -2.06. The summed E-state index contributed by atoms with van der Waals surface area (Å²) in [5, 5.41) is 10.5. The van der Waals surface area contributed by atoms with Gasteiger partial charge in [0.15, 0.2) is 11.6 Å². The van der Waals surface area contributed by atoms with Crippen molar-refractivity contribution in [3.63, 3.8) is 0 Å². The largest absolute Gasteiger partial charge is 0.434 e. The van der Waals surface area contributed by atoms with E-state index in [9.17, 15) is 14.5 Å². The third-order valence-electron chi connectivity index (χ3n) is 2.64. The average Bonchev–Trinajstić information content (AvgIpc) is 2.90. The molecule has 0 saturated carbocycles. The predicted octanol–water partition coefficient (Wildman–Crippen LogP) is 2.80. The number of benzene rings is 1. The lowest BCUT2D eigenvalue weighted by Crippen LogP contribution is -1.95. The Morgan fingerprint density at radius 3 is 2.90 bits per heavy atom. The summed E-state index contributed by atoms with van der Waals surface area (Å²) in [6.45, 7) is 0. The Bertz CT molecular complexity index is 802. The number of aromatic amines is 1. The van der Waals surface area contributed by atoms with Crippen LogP contribution in [0.3, 0.4) is 0 Å². The van der Waals surface area contributed by atoms with Gasteiger partial charge in [0.1, 0.15) is 11.8 Å². The Morgan fingerprint density at radius 1 is 1.30 bits per heavy atom. The van der Waals surface area contributed by atoms with Gasteiger partial charge in [-0.1, -0.05) is 0 Å². The zero-order valence-corrected chi connectivity index (χ0v) is 9.91. The number of fused-ring (bicyclic) bond motifs is 1. The van der Waals surface area contributed by atoms with E-state index in [4.69, 9.17) is 4.74 Å².